The van der Waals surface area contributed by atoms with E-state index in [1.165, 1.54) is 32.1 Å². The van der Waals surface area contributed by atoms with E-state index >= 15 is 0 Å². The quantitative estimate of drug-likeness (QED) is 0.831. The predicted molar refractivity (Wildman–Crippen MR) is 93.5 cm³/mol. The summed E-state index contributed by atoms with van der Waals surface area (Å²) in [5.74, 6) is 2.55. The second kappa shape index (κ2) is 5.81. The number of fused-ring (bicyclic) bond motifs is 5. The SMILES string of the molecule is CCO[C@H]1C[C@@]2(C)[C@@H](CC[C@H]3[C@@H]4CCC[C@@]4(C)CC(=O)[C@@H]32)C[C@@H]1O. The van der Waals surface area contributed by atoms with Gasteiger partial charge in [-0.25, -0.2) is 0 Å². The Labute approximate surface area is 146 Å². The van der Waals surface area contributed by atoms with E-state index in [2.05, 4.69) is 13.8 Å². The van der Waals surface area contributed by atoms with Gasteiger partial charge < -0.3 is 9.84 Å². The van der Waals surface area contributed by atoms with Crippen molar-refractivity contribution in [2.45, 2.75) is 84.3 Å². The Bertz CT molecular complexity index is 517. The van der Waals surface area contributed by atoms with Crippen LogP contribution in [0.2, 0.25) is 0 Å². The molecule has 0 unspecified atom stereocenters. The lowest BCUT2D eigenvalue weighted by molar-refractivity contribution is -0.177. The third-order valence-electron chi connectivity index (χ3n) is 8.50. The van der Waals surface area contributed by atoms with E-state index in [0.29, 0.717) is 24.2 Å². The third-order valence-corrected chi connectivity index (χ3v) is 8.50. The molecule has 4 fully saturated rings. The number of hydrogen-bond acceptors (Lipinski definition) is 3. The van der Waals surface area contributed by atoms with Crippen LogP contribution in [0.3, 0.4) is 0 Å². The van der Waals surface area contributed by atoms with Crippen molar-refractivity contribution >= 4 is 5.78 Å². The van der Waals surface area contributed by atoms with Crippen molar-refractivity contribution in [2.24, 2.45) is 34.5 Å². The maximum atomic E-state index is 13.3. The first-order valence-corrected chi connectivity index (χ1v) is 10.2. The van der Waals surface area contributed by atoms with Crippen LogP contribution in [0.5, 0.6) is 0 Å². The molecule has 4 aliphatic rings. The van der Waals surface area contributed by atoms with Gasteiger partial charge in [-0.1, -0.05) is 20.3 Å². The van der Waals surface area contributed by atoms with Crippen LogP contribution >= 0.6 is 0 Å². The van der Waals surface area contributed by atoms with Gasteiger partial charge >= 0.3 is 0 Å². The van der Waals surface area contributed by atoms with Crippen LogP contribution < -0.4 is 0 Å². The van der Waals surface area contributed by atoms with Gasteiger partial charge in [0.15, 0.2) is 0 Å². The maximum absolute atomic E-state index is 13.3. The van der Waals surface area contributed by atoms with Crippen molar-refractivity contribution in [1.29, 1.82) is 0 Å². The Morgan fingerprint density at radius 1 is 1.25 bits per heavy atom. The topological polar surface area (TPSA) is 46.5 Å². The normalized spacial score (nSPS) is 54.1. The summed E-state index contributed by atoms with van der Waals surface area (Å²) in [6.07, 6.45) is 8.30. The van der Waals surface area contributed by atoms with Crippen molar-refractivity contribution in [3.8, 4) is 0 Å². The van der Waals surface area contributed by atoms with E-state index in [4.69, 9.17) is 4.74 Å². The zero-order valence-electron chi connectivity index (χ0n) is 15.6. The highest BCUT2D eigenvalue weighted by molar-refractivity contribution is 5.84. The zero-order chi connectivity index (χ0) is 17.1. The van der Waals surface area contributed by atoms with E-state index in [-0.39, 0.29) is 29.0 Å². The molecule has 24 heavy (non-hydrogen) atoms. The van der Waals surface area contributed by atoms with Gasteiger partial charge in [-0.2, -0.15) is 0 Å². The Balaban J connectivity index is 1.66. The van der Waals surface area contributed by atoms with Crippen LogP contribution in [-0.2, 0) is 9.53 Å². The van der Waals surface area contributed by atoms with E-state index in [9.17, 15) is 9.90 Å². The Kier molecular flexibility index (Phi) is 4.12. The lowest BCUT2D eigenvalue weighted by atomic mass is 9.44. The summed E-state index contributed by atoms with van der Waals surface area (Å²) >= 11 is 0. The van der Waals surface area contributed by atoms with Gasteiger partial charge in [0.1, 0.15) is 5.78 Å². The first-order valence-electron chi connectivity index (χ1n) is 10.2. The van der Waals surface area contributed by atoms with Crippen LogP contribution in [0.1, 0.15) is 72.1 Å². The van der Waals surface area contributed by atoms with Gasteiger partial charge in [-0.3, -0.25) is 4.79 Å². The Morgan fingerprint density at radius 2 is 2.04 bits per heavy atom. The lowest BCUT2D eigenvalue weighted by Gasteiger charge is -2.60. The second-order valence-corrected chi connectivity index (χ2v) is 9.72. The van der Waals surface area contributed by atoms with Crippen molar-refractivity contribution < 1.29 is 14.6 Å². The van der Waals surface area contributed by atoms with Crippen LogP contribution in [0, 0.1) is 34.5 Å². The van der Waals surface area contributed by atoms with E-state index in [0.717, 1.165) is 25.2 Å². The fourth-order valence-electron chi connectivity index (χ4n) is 7.47. The second-order valence-electron chi connectivity index (χ2n) is 9.72. The third kappa shape index (κ3) is 2.34. The molecule has 3 heteroatoms. The average Bonchev–Trinajstić information content (AvgIpc) is 2.89. The molecule has 1 N–H and O–H groups in total. The number of Topliss-reactive ketones (excluding diaryl/α,β-unsaturated/α-hetero) is 1. The molecule has 8 atom stereocenters. The van der Waals surface area contributed by atoms with E-state index < -0.39 is 0 Å². The first-order chi connectivity index (χ1) is 11.4. The minimum Gasteiger partial charge on any atom is -0.390 e. The van der Waals surface area contributed by atoms with Gasteiger partial charge in [-0.05, 0) is 74.0 Å². The molecule has 0 saturated heterocycles. The summed E-state index contributed by atoms with van der Waals surface area (Å²) < 4.78 is 5.87. The molecule has 4 saturated carbocycles. The lowest BCUT2D eigenvalue weighted by Crippen LogP contribution is -2.59. The van der Waals surface area contributed by atoms with Crippen molar-refractivity contribution in [3.05, 3.63) is 0 Å². The average molecular weight is 335 g/mol. The number of ether oxygens (including phenoxy) is 1. The molecule has 0 spiro atoms. The molecule has 0 radical (unpaired) electrons. The molecule has 0 bridgehead atoms. The Hall–Kier alpha value is -0.410. The molecule has 0 aromatic carbocycles. The van der Waals surface area contributed by atoms with E-state index in [1.807, 2.05) is 6.92 Å². The number of ketones is 1. The van der Waals surface area contributed by atoms with Gasteiger partial charge in [0.2, 0.25) is 0 Å². The monoisotopic (exact) mass is 334 g/mol. The summed E-state index contributed by atoms with van der Waals surface area (Å²) in [4.78, 5) is 13.3. The maximum Gasteiger partial charge on any atom is 0.137 e. The number of carbonyl (C=O) groups excluding carboxylic acids is 1. The van der Waals surface area contributed by atoms with Crippen molar-refractivity contribution in [3.63, 3.8) is 0 Å². The number of aliphatic hydroxyl groups is 1. The molecule has 3 nitrogen and oxygen atoms in total. The molecule has 0 aromatic rings. The predicted octanol–water partition coefficient (Wildman–Crippen LogP) is 3.97. The summed E-state index contributed by atoms with van der Waals surface area (Å²) in [7, 11) is 0. The minimum absolute atomic E-state index is 0.0307. The molecule has 0 amide bonds. The number of aliphatic hydroxyl groups excluding tert-OH is 1. The smallest absolute Gasteiger partial charge is 0.137 e. The van der Waals surface area contributed by atoms with E-state index in [1.54, 1.807) is 0 Å². The standard InChI is InChI=1S/C21H34O3/c1-4-24-18-12-21(3)13(10-16(18)22)7-8-14-15-6-5-9-20(15,2)11-17(23)19(14)21/h13-16,18-19,22H,4-12H2,1-3H3/t13-,14-,15-,16-,18-,19+,20-,21-/m0/s1. The van der Waals surface area contributed by atoms with Gasteiger partial charge in [0.25, 0.3) is 0 Å². The summed E-state index contributed by atoms with van der Waals surface area (Å²) in [6.45, 7) is 7.37. The van der Waals surface area contributed by atoms with Gasteiger partial charge in [0.05, 0.1) is 12.2 Å². The van der Waals surface area contributed by atoms with Crippen LogP contribution in [-0.4, -0.2) is 29.7 Å². The molecule has 0 aliphatic heterocycles. The molecule has 4 aliphatic carbocycles. The molecule has 0 heterocycles. The van der Waals surface area contributed by atoms with Crippen LogP contribution in [0.4, 0.5) is 0 Å². The zero-order valence-corrected chi connectivity index (χ0v) is 15.6. The highest BCUT2D eigenvalue weighted by Gasteiger charge is 2.62. The number of hydrogen-bond donors (Lipinski definition) is 1. The molecule has 4 rings (SSSR count). The molecule has 136 valence electrons. The fraction of sp³-hybridized carbons (Fsp3) is 0.952. The van der Waals surface area contributed by atoms with Gasteiger partial charge in [-0.15, -0.1) is 0 Å². The summed E-state index contributed by atoms with van der Waals surface area (Å²) in [5.41, 5.74) is 0.304. The first kappa shape index (κ1) is 17.0. The van der Waals surface area contributed by atoms with Crippen molar-refractivity contribution in [2.75, 3.05) is 6.61 Å². The van der Waals surface area contributed by atoms with Crippen LogP contribution in [0.15, 0.2) is 0 Å². The Morgan fingerprint density at radius 3 is 2.79 bits per heavy atom. The fourth-order valence-corrected chi connectivity index (χ4v) is 7.47. The largest absolute Gasteiger partial charge is 0.390 e. The molecule has 0 aromatic heterocycles. The summed E-state index contributed by atoms with van der Waals surface area (Å²) in [6, 6.07) is 0. The highest BCUT2D eigenvalue weighted by atomic mass is 16.5. The minimum atomic E-state index is -0.352. The number of carbonyl (C=O) groups is 1. The van der Waals surface area contributed by atoms with Gasteiger partial charge in [0, 0.05) is 18.9 Å². The highest BCUT2D eigenvalue weighted by Crippen LogP contribution is 2.65. The molecular weight excluding hydrogens is 300 g/mol. The van der Waals surface area contributed by atoms with Crippen molar-refractivity contribution in [1.82, 2.24) is 0 Å². The van der Waals surface area contributed by atoms with Crippen LogP contribution in [0.25, 0.3) is 0 Å². The number of rotatable bonds is 2. The summed E-state index contributed by atoms with van der Waals surface area (Å²) in [5, 5.41) is 10.5. The molecular formula is C21H34O3.